The SMILES string of the molecule is COc1cccc(NS(=O)(=O)c2ccc(Cl)c(C(F)(F)F)c2)c1. The normalized spacial score (nSPS) is 12.0. The van der Waals surface area contributed by atoms with Crippen molar-refractivity contribution < 1.29 is 26.3 Å². The fourth-order valence-corrected chi connectivity index (χ4v) is 3.09. The first-order chi connectivity index (χ1) is 10.6. The van der Waals surface area contributed by atoms with Gasteiger partial charge in [0.05, 0.1) is 28.3 Å². The molecule has 23 heavy (non-hydrogen) atoms. The van der Waals surface area contributed by atoms with Crippen LogP contribution in [-0.2, 0) is 16.2 Å². The minimum absolute atomic E-state index is 0.160. The van der Waals surface area contributed by atoms with Gasteiger partial charge in [-0.15, -0.1) is 0 Å². The molecule has 0 atom stereocenters. The number of alkyl halides is 3. The van der Waals surface area contributed by atoms with Crippen LogP contribution in [0.3, 0.4) is 0 Å². The van der Waals surface area contributed by atoms with Gasteiger partial charge in [-0.1, -0.05) is 17.7 Å². The highest BCUT2D eigenvalue weighted by atomic mass is 35.5. The fourth-order valence-electron chi connectivity index (χ4n) is 1.79. The Bertz CT molecular complexity index is 822. The molecule has 0 amide bonds. The highest BCUT2D eigenvalue weighted by Crippen LogP contribution is 2.36. The maximum absolute atomic E-state index is 12.8. The lowest BCUT2D eigenvalue weighted by molar-refractivity contribution is -0.137. The Morgan fingerprint density at radius 1 is 1.13 bits per heavy atom. The van der Waals surface area contributed by atoms with Crippen LogP contribution >= 0.6 is 11.6 Å². The number of anilines is 1. The lowest BCUT2D eigenvalue weighted by atomic mass is 10.2. The van der Waals surface area contributed by atoms with Crippen LogP contribution in [-0.4, -0.2) is 15.5 Å². The number of nitrogens with one attached hydrogen (secondary N) is 1. The molecule has 4 nitrogen and oxygen atoms in total. The van der Waals surface area contributed by atoms with Gasteiger partial charge in [0, 0.05) is 6.07 Å². The molecule has 2 aromatic carbocycles. The number of ether oxygens (including phenoxy) is 1. The van der Waals surface area contributed by atoms with Crippen molar-refractivity contribution >= 4 is 27.3 Å². The van der Waals surface area contributed by atoms with E-state index in [9.17, 15) is 21.6 Å². The Balaban J connectivity index is 2.40. The van der Waals surface area contributed by atoms with Crippen molar-refractivity contribution in [3.8, 4) is 5.75 Å². The molecule has 0 aromatic heterocycles. The van der Waals surface area contributed by atoms with E-state index < -0.39 is 31.7 Å². The third-order valence-corrected chi connectivity index (χ3v) is 4.58. The molecule has 0 aliphatic carbocycles. The second kappa shape index (κ2) is 6.29. The van der Waals surface area contributed by atoms with Gasteiger partial charge in [0.1, 0.15) is 5.75 Å². The van der Waals surface area contributed by atoms with Crippen LogP contribution in [0.5, 0.6) is 5.75 Å². The molecule has 0 unspecified atom stereocenters. The molecule has 0 fully saturated rings. The Labute approximate surface area is 135 Å². The molecule has 1 N–H and O–H groups in total. The first-order valence-electron chi connectivity index (χ1n) is 6.17. The van der Waals surface area contributed by atoms with E-state index in [1.165, 1.54) is 19.2 Å². The van der Waals surface area contributed by atoms with Crippen molar-refractivity contribution in [2.24, 2.45) is 0 Å². The summed E-state index contributed by atoms with van der Waals surface area (Å²) in [7, 11) is -2.80. The van der Waals surface area contributed by atoms with Crippen LogP contribution in [0.15, 0.2) is 47.4 Å². The van der Waals surface area contributed by atoms with E-state index in [2.05, 4.69) is 4.72 Å². The largest absolute Gasteiger partial charge is 0.497 e. The quantitative estimate of drug-likeness (QED) is 0.884. The number of sulfonamides is 1. The van der Waals surface area contributed by atoms with E-state index >= 15 is 0 Å². The molecule has 0 bridgehead atoms. The minimum Gasteiger partial charge on any atom is -0.497 e. The van der Waals surface area contributed by atoms with Gasteiger partial charge in [0.25, 0.3) is 10.0 Å². The van der Waals surface area contributed by atoms with Crippen LogP contribution in [0.25, 0.3) is 0 Å². The number of hydrogen-bond acceptors (Lipinski definition) is 3. The zero-order chi connectivity index (χ0) is 17.3. The molecule has 9 heteroatoms. The summed E-state index contributed by atoms with van der Waals surface area (Å²) in [6, 6.07) is 8.37. The zero-order valence-corrected chi connectivity index (χ0v) is 13.3. The lowest BCUT2D eigenvalue weighted by Gasteiger charge is -2.13. The van der Waals surface area contributed by atoms with Crippen LogP contribution in [0, 0.1) is 0 Å². The van der Waals surface area contributed by atoms with Crippen molar-refractivity contribution in [3.05, 3.63) is 53.1 Å². The Morgan fingerprint density at radius 2 is 1.83 bits per heavy atom. The topological polar surface area (TPSA) is 55.4 Å². The first kappa shape index (κ1) is 17.4. The number of hydrogen-bond donors (Lipinski definition) is 1. The molecule has 124 valence electrons. The molecule has 0 spiro atoms. The molecular weight excluding hydrogens is 355 g/mol. The summed E-state index contributed by atoms with van der Waals surface area (Å²) < 4.78 is 70.1. The van der Waals surface area contributed by atoms with E-state index in [0.29, 0.717) is 11.8 Å². The smallest absolute Gasteiger partial charge is 0.417 e. The summed E-state index contributed by atoms with van der Waals surface area (Å²) >= 11 is 5.48. The zero-order valence-electron chi connectivity index (χ0n) is 11.7. The highest BCUT2D eigenvalue weighted by molar-refractivity contribution is 7.92. The standard InChI is InChI=1S/C14H11ClF3NO3S/c1-22-10-4-2-3-9(7-10)19-23(20,21)11-5-6-13(15)12(8-11)14(16,17)18/h2-8,19H,1H3. The molecule has 2 aromatic rings. The van der Waals surface area contributed by atoms with E-state index in [4.69, 9.17) is 16.3 Å². The number of methoxy groups -OCH3 is 1. The second-order valence-electron chi connectivity index (χ2n) is 4.48. The van der Waals surface area contributed by atoms with Crippen LogP contribution in [0.2, 0.25) is 5.02 Å². The van der Waals surface area contributed by atoms with Crippen molar-refractivity contribution in [1.82, 2.24) is 0 Å². The van der Waals surface area contributed by atoms with Gasteiger partial charge in [-0.3, -0.25) is 4.72 Å². The van der Waals surface area contributed by atoms with E-state index in [1.54, 1.807) is 12.1 Å². The summed E-state index contributed by atoms with van der Waals surface area (Å²) in [5.41, 5.74) is -1.06. The number of halogens is 4. The van der Waals surface area contributed by atoms with Crippen molar-refractivity contribution in [2.75, 3.05) is 11.8 Å². The maximum Gasteiger partial charge on any atom is 0.417 e. The molecule has 0 aliphatic heterocycles. The first-order valence-corrected chi connectivity index (χ1v) is 8.03. The summed E-state index contributed by atoms with van der Waals surface area (Å²) in [4.78, 5) is -0.544. The Morgan fingerprint density at radius 3 is 2.43 bits per heavy atom. The van der Waals surface area contributed by atoms with Gasteiger partial charge in [-0.25, -0.2) is 8.42 Å². The van der Waals surface area contributed by atoms with Gasteiger partial charge >= 0.3 is 6.18 Å². The number of rotatable bonds is 4. The van der Waals surface area contributed by atoms with Gasteiger partial charge in [0.2, 0.25) is 0 Å². The van der Waals surface area contributed by atoms with E-state index in [-0.39, 0.29) is 5.69 Å². The van der Waals surface area contributed by atoms with E-state index in [0.717, 1.165) is 12.1 Å². The second-order valence-corrected chi connectivity index (χ2v) is 6.57. The minimum atomic E-state index is -4.75. The average molecular weight is 366 g/mol. The van der Waals surface area contributed by atoms with Crippen molar-refractivity contribution in [1.29, 1.82) is 0 Å². The Hall–Kier alpha value is -1.93. The fraction of sp³-hybridized carbons (Fsp3) is 0.143. The van der Waals surface area contributed by atoms with Gasteiger partial charge in [-0.05, 0) is 30.3 Å². The molecule has 0 saturated carbocycles. The van der Waals surface area contributed by atoms with Crippen LogP contribution in [0.1, 0.15) is 5.56 Å². The maximum atomic E-state index is 12.8. The van der Waals surface area contributed by atoms with Crippen molar-refractivity contribution in [2.45, 2.75) is 11.1 Å². The molecule has 0 aliphatic rings. The van der Waals surface area contributed by atoms with Crippen LogP contribution in [0.4, 0.5) is 18.9 Å². The summed E-state index contributed by atoms with van der Waals surface area (Å²) in [5, 5.41) is -0.571. The molecule has 0 saturated heterocycles. The highest BCUT2D eigenvalue weighted by Gasteiger charge is 2.34. The lowest BCUT2D eigenvalue weighted by Crippen LogP contribution is -2.15. The predicted octanol–water partition coefficient (Wildman–Crippen LogP) is 4.17. The van der Waals surface area contributed by atoms with Gasteiger partial charge in [-0.2, -0.15) is 13.2 Å². The van der Waals surface area contributed by atoms with Gasteiger partial charge < -0.3 is 4.74 Å². The Kier molecular flexibility index (Phi) is 4.76. The summed E-state index contributed by atoms with van der Waals surface area (Å²) in [6.45, 7) is 0. The molecule has 0 radical (unpaired) electrons. The molecular formula is C14H11ClF3NO3S. The predicted molar refractivity (Wildman–Crippen MR) is 80.3 cm³/mol. The summed E-state index contributed by atoms with van der Waals surface area (Å²) in [5.74, 6) is 0.400. The third-order valence-electron chi connectivity index (χ3n) is 2.88. The third kappa shape index (κ3) is 4.08. The van der Waals surface area contributed by atoms with Crippen LogP contribution < -0.4 is 9.46 Å². The molecule has 0 heterocycles. The molecule has 2 rings (SSSR count). The monoisotopic (exact) mass is 365 g/mol. The van der Waals surface area contributed by atoms with E-state index in [1.807, 2.05) is 0 Å². The summed E-state index contributed by atoms with van der Waals surface area (Å²) in [6.07, 6.45) is -4.75. The van der Waals surface area contributed by atoms with Crippen molar-refractivity contribution in [3.63, 3.8) is 0 Å². The number of benzene rings is 2. The average Bonchev–Trinajstić information content (AvgIpc) is 2.46. The van der Waals surface area contributed by atoms with Gasteiger partial charge in [0.15, 0.2) is 0 Å².